The van der Waals surface area contributed by atoms with Crippen molar-refractivity contribution in [1.82, 2.24) is 24.4 Å². The first-order valence-electron chi connectivity index (χ1n) is 9.49. The van der Waals surface area contributed by atoms with Gasteiger partial charge in [0.05, 0.1) is 31.6 Å². The molecule has 152 valence electrons. The highest BCUT2D eigenvalue weighted by Crippen LogP contribution is 2.41. The van der Waals surface area contributed by atoms with Crippen molar-refractivity contribution in [3.63, 3.8) is 0 Å². The molecule has 1 amide bonds. The Bertz CT molecular complexity index is 889. The van der Waals surface area contributed by atoms with Crippen LogP contribution in [0.3, 0.4) is 0 Å². The number of carboxylic acid groups (broad SMARTS) is 1. The van der Waals surface area contributed by atoms with E-state index in [1.54, 1.807) is 6.33 Å². The van der Waals surface area contributed by atoms with Gasteiger partial charge in [0.25, 0.3) is 0 Å². The summed E-state index contributed by atoms with van der Waals surface area (Å²) in [5.74, 6) is 0.706. The molecule has 1 unspecified atom stereocenters. The minimum atomic E-state index is -0.895. The molecule has 0 bridgehead atoms. The number of halogens is 1. The number of morpholine rings is 1. The van der Waals surface area contributed by atoms with Crippen molar-refractivity contribution in [2.24, 2.45) is 5.41 Å². The van der Waals surface area contributed by atoms with Crippen molar-refractivity contribution in [3.05, 3.63) is 11.6 Å². The second kappa shape index (κ2) is 7.04. The molecular weight excluding hydrogens is 384 g/mol. The quantitative estimate of drug-likeness (QED) is 0.763. The minimum absolute atomic E-state index is 0.0652. The van der Waals surface area contributed by atoms with Crippen LogP contribution in [0.15, 0.2) is 6.33 Å². The lowest BCUT2D eigenvalue weighted by Gasteiger charge is -2.37. The van der Waals surface area contributed by atoms with Crippen LogP contribution in [0.25, 0.3) is 11.2 Å². The van der Waals surface area contributed by atoms with Gasteiger partial charge in [-0.05, 0) is 23.4 Å². The average Bonchev–Trinajstić information content (AvgIpc) is 3.25. The van der Waals surface area contributed by atoms with Gasteiger partial charge in [0, 0.05) is 19.6 Å². The Morgan fingerprint density at radius 2 is 1.96 bits per heavy atom. The number of hydrogen-bond donors (Lipinski definition) is 1. The van der Waals surface area contributed by atoms with Crippen LogP contribution in [0.1, 0.15) is 33.2 Å². The van der Waals surface area contributed by atoms with Gasteiger partial charge >= 0.3 is 6.09 Å². The number of ether oxygens (including phenoxy) is 1. The Labute approximate surface area is 168 Å². The number of hydrogen-bond acceptors (Lipinski definition) is 6. The highest BCUT2D eigenvalue weighted by atomic mass is 35.5. The summed E-state index contributed by atoms with van der Waals surface area (Å²) in [6.45, 7) is 9.37. The normalized spacial score (nSPS) is 23.6. The third kappa shape index (κ3) is 3.26. The lowest BCUT2D eigenvalue weighted by molar-refractivity contribution is 0.0931. The standard InChI is InChI=1S/C18H25ClN6O3/c1-18(2,3)13-11(4-5-24(13)17(26)27)25-10-20-12-14(21-16(19)22-15(12)25)23-6-8-28-9-7-23/h10-11,13H,4-9H2,1-3H3,(H,26,27)/t11-,13?/m0/s1. The molecule has 28 heavy (non-hydrogen) atoms. The van der Waals surface area contributed by atoms with E-state index in [1.807, 2.05) is 4.57 Å². The first-order valence-corrected chi connectivity index (χ1v) is 9.87. The van der Waals surface area contributed by atoms with Crippen molar-refractivity contribution in [2.45, 2.75) is 39.3 Å². The molecule has 2 atom stereocenters. The first-order chi connectivity index (χ1) is 13.3. The number of aromatic nitrogens is 4. The fraction of sp³-hybridized carbons (Fsp3) is 0.667. The number of fused-ring (bicyclic) bond motifs is 1. The van der Waals surface area contributed by atoms with Crippen molar-refractivity contribution < 1.29 is 14.6 Å². The predicted molar refractivity (Wildman–Crippen MR) is 105 cm³/mol. The van der Waals surface area contributed by atoms with Gasteiger partial charge in [0.15, 0.2) is 17.0 Å². The van der Waals surface area contributed by atoms with E-state index in [2.05, 4.69) is 40.6 Å². The summed E-state index contributed by atoms with van der Waals surface area (Å²) in [7, 11) is 0. The Balaban J connectivity index is 1.79. The molecule has 10 heteroatoms. The first kappa shape index (κ1) is 19.2. The minimum Gasteiger partial charge on any atom is -0.465 e. The van der Waals surface area contributed by atoms with Gasteiger partial charge in [-0.3, -0.25) is 0 Å². The molecule has 2 saturated heterocycles. The SMILES string of the molecule is CC(C)(C)C1[C@@H](n2cnc3c(N4CCOCC4)nc(Cl)nc32)CCN1C(=O)O. The van der Waals surface area contributed by atoms with E-state index in [0.717, 1.165) is 13.1 Å². The second-order valence-corrected chi connectivity index (χ2v) is 8.72. The Morgan fingerprint density at radius 3 is 2.61 bits per heavy atom. The summed E-state index contributed by atoms with van der Waals surface area (Å²) in [6, 6.07) is -0.257. The summed E-state index contributed by atoms with van der Waals surface area (Å²) >= 11 is 6.26. The molecule has 0 radical (unpaired) electrons. The van der Waals surface area contributed by atoms with Gasteiger partial charge in [0.2, 0.25) is 5.28 Å². The number of amides is 1. The molecule has 2 aromatic heterocycles. The molecule has 0 spiro atoms. The fourth-order valence-corrected chi connectivity index (χ4v) is 4.60. The van der Waals surface area contributed by atoms with Crippen LogP contribution in [0.4, 0.5) is 10.6 Å². The van der Waals surface area contributed by atoms with Crippen molar-refractivity contribution in [1.29, 1.82) is 0 Å². The average molecular weight is 409 g/mol. The van der Waals surface area contributed by atoms with Crippen molar-refractivity contribution >= 4 is 34.7 Å². The zero-order chi connectivity index (χ0) is 20.1. The molecule has 2 aliphatic rings. The molecular formula is C18H25ClN6O3. The van der Waals surface area contributed by atoms with Gasteiger partial charge in [0.1, 0.15) is 0 Å². The summed E-state index contributed by atoms with van der Waals surface area (Å²) in [6.07, 6.45) is 1.55. The Morgan fingerprint density at radius 1 is 1.25 bits per heavy atom. The third-order valence-electron chi connectivity index (χ3n) is 5.54. The van der Waals surface area contributed by atoms with Gasteiger partial charge in [-0.2, -0.15) is 9.97 Å². The monoisotopic (exact) mass is 408 g/mol. The maximum atomic E-state index is 11.8. The number of nitrogens with zero attached hydrogens (tertiary/aromatic N) is 6. The number of imidazole rings is 1. The van der Waals surface area contributed by atoms with Gasteiger partial charge in [-0.15, -0.1) is 0 Å². The molecule has 4 rings (SSSR count). The maximum absolute atomic E-state index is 11.8. The van der Waals surface area contributed by atoms with Crippen LogP contribution in [-0.4, -0.2) is 74.5 Å². The molecule has 4 heterocycles. The third-order valence-corrected chi connectivity index (χ3v) is 5.71. The molecule has 9 nitrogen and oxygen atoms in total. The van der Waals surface area contributed by atoms with Crippen LogP contribution in [0, 0.1) is 5.41 Å². The largest absolute Gasteiger partial charge is 0.465 e. The molecule has 2 fully saturated rings. The van der Waals surface area contributed by atoms with Gasteiger partial charge in [-0.25, -0.2) is 9.78 Å². The van der Waals surface area contributed by atoms with Crippen molar-refractivity contribution in [3.8, 4) is 0 Å². The van der Waals surface area contributed by atoms with Gasteiger partial charge < -0.3 is 24.2 Å². The maximum Gasteiger partial charge on any atom is 0.407 e. The second-order valence-electron chi connectivity index (χ2n) is 8.38. The Hall–Kier alpha value is -2.13. The van der Waals surface area contributed by atoms with E-state index < -0.39 is 6.09 Å². The number of carbonyl (C=O) groups is 1. The zero-order valence-corrected chi connectivity index (χ0v) is 17.1. The highest BCUT2D eigenvalue weighted by Gasteiger charge is 2.45. The molecule has 2 aromatic rings. The van der Waals surface area contributed by atoms with E-state index in [-0.39, 0.29) is 22.8 Å². The molecule has 0 aromatic carbocycles. The van der Waals surface area contributed by atoms with Gasteiger partial charge in [-0.1, -0.05) is 20.8 Å². The summed E-state index contributed by atoms with van der Waals surface area (Å²) in [4.78, 5) is 28.9. The lowest BCUT2D eigenvalue weighted by atomic mass is 9.82. The number of anilines is 1. The van der Waals surface area contributed by atoms with Crippen LogP contribution >= 0.6 is 11.6 Å². The molecule has 0 aliphatic carbocycles. The van der Waals surface area contributed by atoms with Crippen LogP contribution in [-0.2, 0) is 4.74 Å². The van der Waals surface area contributed by atoms with E-state index in [1.165, 1.54) is 4.90 Å². The summed E-state index contributed by atoms with van der Waals surface area (Å²) in [5, 5.41) is 9.83. The molecule has 1 N–H and O–H groups in total. The summed E-state index contributed by atoms with van der Waals surface area (Å²) < 4.78 is 7.41. The molecule has 0 saturated carbocycles. The fourth-order valence-electron chi connectivity index (χ4n) is 4.44. The van der Waals surface area contributed by atoms with Crippen molar-refractivity contribution in [2.75, 3.05) is 37.7 Å². The Kier molecular flexibility index (Phi) is 4.83. The van der Waals surface area contributed by atoms with Crippen LogP contribution in [0.5, 0.6) is 0 Å². The van der Waals surface area contributed by atoms with Crippen LogP contribution < -0.4 is 4.90 Å². The number of likely N-dealkylation sites (tertiary alicyclic amines) is 1. The lowest BCUT2D eigenvalue weighted by Crippen LogP contribution is -2.45. The zero-order valence-electron chi connectivity index (χ0n) is 16.3. The predicted octanol–water partition coefficient (Wildman–Crippen LogP) is 2.66. The summed E-state index contributed by atoms with van der Waals surface area (Å²) in [5.41, 5.74) is 1.10. The highest BCUT2D eigenvalue weighted by molar-refractivity contribution is 6.28. The smallest absolute Gasteiger partial charge is 0.407 e. The van der Waals surface area contributed by atoms with E-state index in [9.17, 15) is 9.90 Å². The van der Waals surface area contributed by atoms with E-state index in [0.29, 0.717) is 43.2 Å². The number of rotatable bonds is 2. The topological polar surface area (TPSA) is 96.6 Å². The van der Waals surface area contributed by atoms with E-state index in [4.69, 9.17) is 16.3 Å². The van der Waals surface area contributed by atoms with Crippen LogP contribution in [0.2, 0.25) is 5.28 Å². The molecule has 2 aliphatic heterocycles. The van der Waals surface area contributed by atoms with E-state index >= 15 is 0 Å².